The third-order valence-corrected chi connectivity index (χ3v) is 3.93. The zero-order chi connectivity index (χ0) is 16.9. The first-order valence-corrected chi connectivity index (χ1v) is 7.84. The van der Waals surface area contributed by atoms with Crippen molar-refractivity contribution in [1.29, 1.82) is 0 Å². The number of nitrogens with one attached hydrogen (secondary N) is 1. The molecule has 2 heterocycles. The van der Waals surface area contributed by atoms with Crippen LogP contribution < -0.4 is 14.8 Å². The molecule has 0 aliphatic heterocycles. The molecule has 128 valence electrons. The number of hydrogen-bond acceptors (Lipinski definition) is 7. The van der Waals surface area contributed by atoms with Gasteiger partial charge in [-0.3, -0.25) is 14.5 Å². The van der Waals surface area contributed by atoms with Gasteiger partial charge in [-0.25, -0.2) is 0 Å². The number of methoxy groups -OCH3 is 1. The molecular formula is C15H20N6O3. The Bertz CT molecular complexity index is 696. The summed E-state index contributed by atoms with van der Waals surface area (Å²) in [5.41, 5.74) is 0.336. The Morgan fingerprint density at radius 3 is 2.67 bits per heavy atom. The Kier molecular flexibility index (Phi) is 4.88. The van der Waals surface area contributed by atoms with Gasteiger partial charge in [-0.2, -0.15) is 4.98 Å². The predicted octanol–water partition coefficient (Wildman–Crippen LogP) is 0.734. The molecule has 1 amide bonds. The Balaban J connectivity index is 1.47. The van der Waals surface area contributed by atoms with Gasteiger partial charge in [-0.1, -0.05) is 5.21 Å². The highest BCUT2D eigenvalue weighted by atomic mass is 16.5. The van der Waals surface area contributed by atoms with Gasteiger partial charge >= 0.3 is 0 Å². The smallest absolute Gasteiger partial charge is 0.273 e. The lowest BCUT2D eigenvalue weighted by Gasteiger charge is -2.28. The summed E-state index contributed by atoms with van der Waals surface area (Å²) in [4.78, 5) is 20.3. The van der Waals surface area contributed by atoms with Crippen molar-refractivity contribution in [1.82, 2.24) is 30.3 Å². The molecule has 0 aromatic carbocycles. The van der Waals surface area contributed by atoms with Crippen LogP contribution in [0.4, 0.5) is 0 Å². The van der Waals surface area contributed by atoms with E-state index in [1.807, 2.05) is 0 Å². The van der Waals surface area contributed by atoms with Gasteiger partial charge in [0.15, 0.2) is 5.69 Å². The highest BCUT2D eigenvalue weighted by Gasteiger charge is 2.25. The van der Waals surface area contributed by atoms with E-state index < -0.39 is 0 Å². The van der Waals surface area contributed by atoms with Gasteiger partial charge in [0.25, 0.3) is 5.91 Å². The average Bonchev–Trinajstić information content (AvgIpc) is 3.03. The predicted molar refractivity (Wildman–Crippen MR) is 83.7 cm³/mol. The SMILES string of the molecule is COc1cncc(OC2CCC(NC(=O)c3cn(C)nn3)CC2)n1. The summed E-state index contributed by atoms with van der Waals surface area (Å²) in [6.07, 6.45) is 8.13. The summed E-state index contributed by atoms with van der Waals surface area (Å²) in [6.45, 7) is 0. The molecule has 9 heteroatoms. The molecule has 0 spiro atoms. The number of nitrogens with zero attached hydrogens (tertiary/aromatic N) is 5. The molecule has 0 radical (unpaired) electrons. The monoisotopic (exact) mass is 332 g/mol. The van der Waals surface area contributed by atoms with Crippen LogP contribution >= 0.6 is 0 Å². The van der Waals surface area contributed by atoms with E-state index in [-0.39, 0.29) is 18.1 Å². The maximum Gasteiger partial charge on any atom is 0.273 e. The number of rotatable bonds is 5. The minimum absolute atomic E-state index is 0.0658. The van der Waals surface area contributed by atoms with Crippen molar-refractivity contribution >= 4 is 5.91 Å². The topological polar surface area (TPSA) is 104 Å². The molecule has 2 aromatic rings. The highest BCUT2D eigenvalue weighted by molar-refractivity contribution is 5.92. The van der Waals surface area contributed by atoms with Gasteiger partial charge in [0.05, 0.1) is 25.7 Å². The van der Waals surface area contributed by atoms with Crippen LogP contribution in [0.3, 0.4) is 0 Å². The molecule has 1 saturated carbocycles. The van der Waals surface area contributed by atoms with E-state index in [0.29, 0.717) is 17.5 Å². The molecule has 1 aliphatic carbocycles. The summed E-state index contributed by atoms with van der Waals surface area (Å²) >= 11 is 0. The zero-order valence-corrected chi connectivity index (χ0v) is 13.7. The van der Waals surface area contributed by atoms with Gasteiger partial charge in [0, 0.05) is 13.1 Å². The number of aromatic nitrogens is 5. The Hall–Kier alpha value is -2.71. The van der Waals surface area contributed by atoms with Crippen molar-refractivity contribution < 1.29 is 14.3 Å². The molecule has 1 N–H and O–H groups in total. The van der Waals surface area contributed by atoms with Crippen molar-refractivity contribution in [2.75, 3.05) is 7.11 Å². The maximum absolute atomic E-state index is 12.1. The fraction of sp³-hybridized carbons (Fsp3) is 0.533. The first kappa shape index (κ1) is 16.2. The normalized spacial score (nSPS) is 20.4. The zero-order valence-electron chi connectivity index (χ0n) is 13.7. The van der Waals surface area contributed by atoms with E-state index in [4.69, 9.17) is 9.47 Å². The number of hydrogen-bond donors (Lipinski definition) is 1. The summed E-state index contributed by atoms with van der Waals surface area (Å²) in [7, 11) is 3.27. The third-order valence-electron chi connectivity index (χ3n) is 3.93. The Labute approximate surface area is 139 Å². The van der Waals surface area contributed by atoms with Crippen molar-refractivity contribution in [3.8, 4) is 11.8 Å². The number of ether oxygens (including phenoxy) is 2. The number of carbonyl (C=O) groups excluding carboxylic acids is 1. The molecule has 2 aromatic heterocycles. The minimum atomic E-state index is -0.189. The van der Waals surface area contributed by atoms with E-state index in [2.05, 4.69) is 25.6 Å². The molecule has 1 fully saturated rings. The molecule has 9 nitrogen and oxygen atoms in total. The van der Waals surface area contributed by atoms with Crippen LogP contribution in [0, 0.1) is 0 Å². The third kappa shape index (κ3) is 3.98. The summed E-state index contributed by atoms with van der Waals surface area (Å²) in [5, 5.41) is 10.6. The van der Waals surface area contributed by atoms with Crippen LogP contribution in [0.1, 0.15) is 36.2 Å². The van der Waals surface area contributed by atoms with E-state index in [0.717, 1.165) is 25.7 Å². The van der Waals surface area contributed by atoms with Gasteiger partial charge in [-0.05, 0) is 25.7 Å². The van der Waals surface area contributed by atoms with Crippen LogP contribution in [-0.4, -0.2) is 50.1 Å². The Morgan fingerprint density at radius 2 is 2.00 bits per heavy atom. The Morgan fingerprint density at radius 1 is 1.25 bits per heavy atom. The van der Waals surface area contributed by atoms with Crippen molar-refractivity contribution in [2.24, 2.45) is 7.05 Å². The van der Waals surface area contributed by atoms with Crippen LogP contribution in [0.5, 0.6) is 11.8 Å². The van der Waals surface area contributed by atoms with Crippen LogP contribution in [-0.2, 0) is 7.05 Å². The van der Waals surface area contributed by atoms with Gasteiger partial charge in [0.1, 0.15) is 6.10 Å². The number of amides is 1. The molecule has 0 saturated heterocycles. The minimum Gasteiger partial charge on any atom is -0.480 e. The summed E-state index contributed by atoms with van der Waals surface area (Å²) < 4.78 is 12.4. The van der Waals surface area contributed by atoms with E-state index in [9.17, 15) is 4.79 Å². The molecule has 0 bridgehead atoms. The molecule has 1 aliphatic rings. The summed E-state index contributed by atoms with van der Waals surface area (Å²) in [5.74, 6) is 0.699. The molecular weight excluding hydrogens is 312 g/mol. The van der Waals surface area contributed by atoms with Gasteiger partial charge < -0.3 is 14.8 Å². The van der Waals surface area contributed by atoms with Crippen LogP contribution in [0.25, 0.3) is 0 Å². The van der Waals surface area contributed by atoms with E-state index in [1.165, 1.54) is 10.9 Å². The number of aryl methyl sites for hydroxylation is 1. The lowest BCUT2D eigenvalue weighted by atomic mass is 9.93. The van der Waals surface area contributed by atoms with Crippen LogP contribution in [0.2, 0.25) is 0 Å². The molecule has 3 rings (SSSR count). The first-order chi connectivity index (χ1) is 11.6. The highest BCUT2D eigenvalue weighted by Crippen LogP contribution is 2.23. The fourth-order valence-corrected chi connectivity index (χ4v) is 2.69. The standard InChI is InChI=1S/C15H20N6O3/c1-21-9-12(19-20-21)15(22)17-10-3-5-11(6-4-10)24-14-8-16-7-13(18-14)23-2/h7-11H,3-6H2,1-2H3,(H,17,22). The quantitative estimate of drug-likeness (QED) is 0.861. The summed E-state index contributed by atoms with van der Waals surface area (Å²) in [6, 6.07) is 0.121. The van der Waals surface area contributed by atoms with E-state index in [1.54, 1.807) is 26.6 Å². The van der Waals surface area contributed by atoms with E-state index >= 15 is 0 Å². The second kappa shape index (κ2) is 7.24. The molecule has 0 atom stereocenters. The molecule has 0 unspecified atom stereocenters. The van der Waals surface area contributed by atoms with Crippen LogP contribution in [0.15, 0.2) is 18.6 Å². The van der Waals surface area contributed by atoms with Gasteiger partial charge in [0.2, 0.25) is 11.8 Å². The maximum atomic E-state index is 12.1. The van der Waals surface area contributed by atoms with Gasteiger partial charge in [-0.15, -0.1) is 5.10 Å². The lowest BCUT2D eigenvalue weighted by molar-refractivity contribution is 0.0884. The second-order valence-corrected chi connectivity index (χ2v) is 5.74. The first-order valence-electron chi connectivity index (χ1n) is 7.84. The van der Waals surface area contributed by atoms with Crippen molar-refractivity contribution in [3.63, 3.8) is 0 Å². The lowest BCUT2D eigenvalue weighted by Crippen LogP contribution is -2.39. The largest absolute Gasteiger partial charge is 0.480 e. The van der Waals surface area contributed by atoms with Crippen molar-refractivity contribution in [3.05, 3.63) is 24.3 Å². The molecule has 24 heavy (non-hydrogen) atoms. The number of carbonyl (C=O) groups is 1. The van der Waals surface area contributed by atoms with Crippen molar-refractivity contribution in [2.45, 2.75) is 37.8 Å². The second-order valence-electron chi connectivity index (χ2n) is 5.74. The average molecular weight is 332 g/mol. The fourth-order valence-electron chi connectivity index (χ4n) is 2.69.